The van der Waals surface area contributed by atoms with Crippen LogP contribution in [0.3, 0.4) is 0 Å². The molecule has 0 bridgehead atoms. The summed E-state index contributed by atoms with van der Waals surface area (Å²) >= 11 is 0. The van der Waals surface area contributed by atoms with Crippen LogP contribution in [-0.2, 0) is 18.2 Å². The predicted molar refractivity (Wildman–Crippen MR) is 56.2 cm³/mol. The van der Waals surface area contributed by atoms with Gasteiger partial charge in [0.15, 0.2) is 5.82 Å². The molecule has 1 rings (SSSR count). The quantitative estimate of drug-likeness (QED) is 0.640. The van der Waals surface area contributed by atoms with Crippen LogP contribution in [-0.4, -0.2) is 39.5 Å². The number of ether oxygens (including phenoxy) is 1. The van der Waals surface area contributed by atoms with E-state index in [1.54, 1.807) is 7.05 Å². The van der Waals surface area contributed by atoms with E-state index in [1.807, 2.05) is 6.92 Å². The Morgan fingerprint density at radius 2 is 2.33 bits per heavy atom. The zero-order valence-corrected chi connectivity index (χ0v) is 9.39. The number of hydrogen-bond acceptors (Lipinski definition) is 5. The van der Waals surface area contributed by atoms with E-state index < -0.39 is 0 Å². The van der Waals surface area contributed by atoms with E-state index >= 15 is 0 Å². The van der Waals surface area contributed by atoms with E-state index in [4.69, 9.17) is 10.5 Å². The smallest absolute Gasteiger partial charge is 0.176 e. The molecule has 0 aliphatic rings. The molecule has 6 heteroatoms. The Morgan fingerprint density at radius 1 is 1.53 bits per heavy atom. The first-order chi connectivity index (χ1) is 7.22. The van der Waals surface area contributed by atoms with Crippen molar-refractivity contribution in [1.82, 2.24) is 20.2 Å². The maximum Gasteiger partial charge on any atom is 0.176 e. The normalized spacial score (nSPS) is 13.0. The SMILES string of the molecule is CCOCCCC(N)Cc1nnn(C)n1. The second kappa shape index (κ2) is 6.47. The number of nitrogens with two attached hydrogens (primary N) is 1. The molecule has 1 aromatic heterocycles. The molecular formula is C9H19N5O. The average Bonchev–Trinajstić information content (AvgIpc) is 2.59. The summed E-state index contributed by atoms with van der Waals surface area (Å²) in [6, 6.07) is 0.0923. The largest absolute Gasteiger partial charge is 0.382 e. The summed E-state index contributed by atoms with van der Waals surface area (Å²) in [5, 5.41) is 11.7. The molecule has 1 heterocycles. The van der Waals surface area contributed by atoms with Crippen molar-refractivity contribution < 1.29 is 4.74 Å². The number of aryl methyl sites for hydroxylation is 1. The van der Waals surface area contributed by atoms with Crippen LogP contribution in [0.4, 0.5) is 0 Å². The highest BCUT2D eigenvalue weighted by Crippen LogP contribution is 2.00. The Morgan fingerprint density at radius 3 is 2.93 bits per heavy atom. The lowest BCUT2D eigenvalue weighted by Gasteiger charge is -2.08. The molecule has 0 aliphatic heterocycles. The van der Waals surface area contributed by atoms with Crippen LogP contribution >= 0.6 is 0 Å². The van der Waals surface area contributed by atoms with E-state index in [0.29, 0.717) is 12.2 Å². The molecule has 86 valence electrons. The zero-order valence-electron chi connectivity index (χ0n) is 9.39. The Bertz CT molecular complexity index is 275. The predicted octanol–water partition coefficient (Wildman–Crippen LogP) is -0.103. The fraction of sp³-hybridized carbons (Fsp3) is 0.889. The van der Waals surface area contributed by atoms with E-state index in [9.17, 15) is 0 Å². The van der Waals surface area contributed by atoms with Gasteiger partial charge in [0.1, 0.15) is 0 Å². The Balaban J connectivity index is 2.15. The van der Waals surface area contributed by atoms with E-state index in [2.05, 4.69) is 15.4 Å². The van der Waals surface area contributed by atoms with Crippen LogP contribution in [0.1, 0.15) is 25.6 Å². The van der Waals surface area contributed by atoms with Gasteiger partial charge in [0, 0.05) is 25.7 Å². The van der Waals surface area contributed by atoms with Gasteiger partial charge in [-0.15, -0.1) is 10.2 Å². The van der Waals surface area contributed by atoms with E-state index in [-0.39, 0.29) is 6.04 Å². The van der Waals surface area contributed by atoms with Crippen molar-refractivity contribution in [1.29, 1.82) is 0 Å². The summed E-state index contributed by atoms with van der Waals surface area (Å²) in [4.78, 5) is 1.45. The highest BCUT2D eigenvalue weighted by molar-refractivity contribution is 4.82. The molecule has 0 saturated heterocycles. The van der Waals surface area contributed by atoms with Crippen LogP contribution in [0, 0.1) is 0 Å². The number of aromatic nitrogens is 4. The van der Waals surface area contributed by atoms with Crippen molar-refractivity contribution in [3.8, 4) is 0 Å². The molecule has 0 aromatic carbocycles. The topological polar surface area (TPSA) is 78.9 Å². The average molecular weight is 213 g/mol. The number of nitrogens with zero attached hydrogens (tertiary/aromatic N) is 4. The van der Waals surface area contributed by atoms with Crippen LogP contribution in [0.5, 0.6) is 0 Å². The molecular weight excluding hydrogens is 194 g/mol. The molecule has 0 fully saturated rings. The highest BCUT2D eigenvalue weighted by atomic mass is 16.5. The molecule has 6 nitrogen and oxygen atoms in total. The van der Waals surface area contributed by atoms with Crippen molar-refractivity contribution in [2.45, 2.75) is 32.2 Å². The lowest BCUT2D eigenvalue weighted by Crippen LogP contribution is -2.24. The minimum Gasteiger partial charge on any atom is -0.382 e. The summed E-state index contributed by atoms with van der Waals surface area (Å²) in [5.41, 5.74) is 5.92. The molecule has 1 unspecified atom stereocenters. The fourth-order valence-electron chi connectivity index (χ4n) is 1.33. The highest BCUT2D eigenvalue weighted by Gasteiger charge is 2.07. The van der Waals surface area contributed by atoms with Crippen molar-refractivity contribution in [2.75, 3.05) is 13.2 Å². The number of rotatable bonds is 7. The van der Waals surface area contributed by atoms with Crippen LogP contribution in [0.25, 0.3) is 0 Å². The summed E-state index contributed by atoms with van der Waals surface area (Å²) in [5.74, 6) is 0.710. The van der Waals surface area contributed by atoms with Gasteiger partial charge in [-0.1, -0.05) is 0 Å². The third-order valence-electron chi connectivity index (χ3n) is 2.06. The van der Waals surface area contributed by atoms with Gasteiger partial charge in [-0.3, -0.25) is 0 Å². The molecule has 0 spiro atoms. The summed E-state index contributed by atoms with van der Waals surface area (Å²) in [7, 11) is 1.75. The zero-order chi connectivity index (χ0) is 11.1. The van der Waals surface area contributed by atoms with Gasteiger partial charge in [-0.25, -0.2) is 0 Å². The Kier molecular flexibility index (Phi) is 5.20. The monoisotopic (exact) mass is 213 g/mol. The second-order valence-corrected chi connectivity index (χ2v) is 3.50. The molecule has 0 amide bonds. The van der Waals surface area contributed by atoms with Crippen LogP contribution < -0.4 is 5.73 Å². The minimum absolute atomic E-state index is 0.0923. The van der Waals surface area contributed by atoms with Crippen LogP contribution in [0.2, 0.25) is 0 Å². The number of hydrogen-bond donors (Lipinski definition) is 1. The third kappa shape index (κ3) is 4.85. The maximum atomic E-state index is 5.92. The van der Waals surface area contributed by atoms with E-state index in [0.717, 1.165) is 26.1 Å². The van der Waals surface area contributed by atoms with Gasteiger partial charge in [0.05, 0.1) is 7.05 Å². The van der Waals surface area contributed by atoms with Gasteiger partial charge >= 0.3 is 0 Å². The Hall–Kier alpha value is -1.01. The van der Waals surface area contributed by atoms with Gasteiger partial charge in [0.25, 0.3) is 0 Å². The molecule has 15 heavy (non-hydrogen) atoms. The lowest BCUT2D eigenvalue weighted by atomic mass is 10.1. The van der Waals surface area contributed by atoms with Gasteiger partial charge in [0.2, 0.25) is 0 Å². The first-order valence-electron chi connectivity index (χ1n) is 5.28. The molecule has 1 atom stereocenters. The standard InChI is InChI=1S/C9H19N5O/c1-3-15-6-4-5-8(10)7-9-11-13-14(2)12-9/h8H,3-7,10H2,1-2H3. The van der Waals surface area contributed by atoms with Crippen molar-refractivity contribution in [2.24, 2.45) is 12.8 Å². The first kappa shape index (κ1) is 12.1. The van der Waals surface area contributed by atoms with Gasteiger partial charge in [-0.2, -0.15) is 4.80 Å². The number of tetrazole rings is 1. The van der Waals surface area contributed by atoms with Crippen molar-refractivity contribution in [3.63, 3.8) is 0 Å². The van der Waals surface area contributed by atoms with Crippen molar-refractivity contribution >= 4 is 0 Å². The van der Waals surface area contributed by atoms with Crippen molar-refractivity contribution in [3.05, 3.63) is 5.82 Å². The molecule has 0 radical (unpaired) electrons. The third-order valence-corrected chi connectivity index (χ3v) is 2.06. The summed E-state index contributed by atoms with van der Waals surface area (Å²) in [6.07, 6.45) is 2.59. The minimum atomic E-state index is 0.0923. The van der Waals surface area contributed by atoms with Gasteiger partial charge < -0.3 is 10.5 Å². The maximum absolute atomic E-state index is 5.92. The lowest BCUT2D eigenvalue weighted by molar-refractivity contribution is 0.142. The van der Waals surface area contributed by atoms with E-state index in [1.165, 1.54) is 4.80 Å². The molecule has 1 aromatic rings. The molecule has 0 aliphatic carbocycles. The van der Waals surface area contributed by atoms with Gasteiger partial charge in [-0.05, 0) is 25.0 Å². The molecule has 0 saturated carbocycles. The fourth-order valence-corrected chi connectivity index (χ4v) is 1.33. The second-order valence-electron chi connectivity index (χ2n) is 3.50. The van der Waals surface area contributed by atoms with Crippen LogP contribution in [0.15, 0.2) is 0 Å². The summed E-state index contributed by atoms with van der Waals surface area (Å²) < 4.78 is 5.23. The Labute approximate surface area is 89.8 Å². The summed E-state index contributed by atoms with van der Waals surface area (Å²) in [6.45, 7) is 3.53. The molecule has 2 N–H and O–H groups in total. The first-order valence-corrected chi connectivity index (χ1v) is 5.28.